The van der Waals surface area contributed by atoms with E-state index >= 15 is 0 Å². The van der Waals surface area contributed by atoms with Crippen molar-refractivity contribution in [3.8, 4) is 0 Å². The van der Waals surface area contributed by atoms with E-state index in [1.807, 2.05) is 0 Å². The van der Waals surface area contributed by atoms with Crippen LogP contribution in [0.2, 0.25) is 0 Å². The van der Waals surface area contributed by atoms with Crippen LogP contribution in [-0.4, -0.2) is 27.8 Å². The van der Waals surface area contributed by atoms with Crippen molar-refractivity contribution in [3.63, 3.8) is 0 Å². The summed E-state index contributed by atoms with van der Waals surface area (Å²) in [6, 6.07) is 5.67. The van der Waals surface area contributed by atoms with E-state index in [0.29, 0.717) is 12.1 Å². The highest BCUT2D eigenvalue weighted by Crippen LogP contribution is 2.08. The third-order valence-corrected chi connectivity index (χ3v) is 3.54. The average Bonchev–Trinajstić information content (AvgIpc) is 2.14. The summed E-state index contributed by atoms with van der Waals surface area (Å²) in [6.07, 6.45) is 0. The van der Waals surface area contributed by atoms with Crippen LogP contribution in [0, 0.1) is 5.82 Å². The van der Waals surface area contributed by atoms with Gasteiger partial charge in [0.05, 0.1) is 11.5 Å². The van der Waals surface area contributed by atoms with Gasteiger partial charge in [0.15, 0.2) is 9.84 Å². The lowest BCUT2D eigenvalue weighted by molar-refractivity contribution is 0.592. The number of hydrogen-bond donors (Lipinski definition) is 1. The second kappa shape index (κ2) is 5.23. The Labute approximate surface area is 89.2 Å². The number of nitrogens with one attached hydrogen (secondary N) is 1. The topological polar surface area (TPSA) is 46.2 Å². The van der Waals surface area contributed by atoms with Gasteiger partial charge in [-0.05, 0) is 24.7 Å². The van der Waals surface area contributed by atoms with Crippen LogP contribution in [0.1, 0.15) is 5.56 Å². The molecule has 1 aromatic rings. The molecule has 0 aliphatic carbocycles. The Bertz CT molecular complexity index is 417. The molecule has 0 unspecified atom stereocenters. The van der Waals surface area contributed by atoms with Gasteiger partial charge in [-0.2, -0.15) is 0 Å². The van der Waals surface area contributed by atoms with Crippen molar-refractivity contribution in [1.82, 2.24) is 5.32 Å². The predicted octanol–water partition coefficient (Wildman–Crippen LogP) is 0.960. The Balaban J connectivity index is 2.69. The van der Waals surface area contributed by atoms with E-state index < -0.39 is 15.7 Å². The monoisotopic (exact) mass is 231 g/mol. The predicted molar refractivity (Wildman–Crippen MR) is 57.8 cm³/mol. The van der Waals surface area contributed by atoms with Gasteiger partial charge < -0.3 is 5.32 Å². The summed E-state index contributed by atoms with van der Waals surface area (Å²) in [4.78, 5) is 0. The van der Waals surface area contributed by atoms with Gasteiger partial charge in [-0.15, -0.1) is 0 Å². The maximum atomic E-state index is 12.8. The summed E-state index contributed by atoms with van der Waals surface area (Å²) in [6.45, 7) is 0.414. The normalized spacial score (nSPS) is 11.6. The summed E-state index contributed by atoms with van der Waals surface area (Å²) < 4.78 is 35.8. The fourth-order valence-electron chi connectivity index (χ4n) is 1.21. The Morgan fingerprint density at radius 3 is 2.73 bits per heavy atom. The molecule has 3 nitrogen and oxygen atoms in total. The number of hydrogen-bond acceptors (Lipinski definition) is 3. The number of sulfone groups is 1. The highest BCUT2D eigenvalue weighted by Gasteiger charge is 2.11. The van der Waals surface area contributed by atoms with Gasteiger partial charge in [0.25, 0.3) is 0 Å². The molecule has 0 saturated carbocycles. The van der Waals surface area contributed by atoms with Gasteiger partial charge in [0.2, 0.25) is 0 Å². The number of halogens is 1. The van der Waals surface area contributed by atoms with Gasteiger partial charge in [-0.3, -0.25) is 0 Å². The molecule has 0 atom stereocenters. The second-order valence-electron chi connectivity index (χ2n) is 3.33. The summed E-state index contributed by atoms with van der Waals surface area (Å²) in [5, 5.41) is 2.77. The molecule has 15 heavy (non-hydrogen) atoms. The largest absolute Gasteiger partial charge is 0.319 e. The van der Waals surface area contributed by atoms with E-state index in [4.69, 9.17) is 0 Å². The van der Waals surface area contributed by atoms with Crippen LogP contribution in [0.3, 0.4) is 0 Å². The van der Waals surface area contributed by atoms with Gasteiger partial charge in [-0.1, -0.05) is 12.1 Å². The molecular weight excluding hydrogens is 217 g/mol. The molecule has 0 fully saturated rings. The average molecular weight is 231 g/mol. The summed E-state index contributed by atoms with van der Waals surface area (Å²) >= 11 is 0. The van der Waals surface area contributed by atoms with Gasteiger partial charge in [-0.25, -0.2) is 12.8 Å². The lowest BCUT2D eigenvalue weighted by Crippen LogP contribution is -2.20. The summed E-state index contributed by atoms with van der Waals surface area (Å²) in [5.41, 5.74) is 0.492. The molecule has 0 radical (unpaired) electrons. The molecule has 0 spiro atoms. The minimum Gasteiger partial charge on any atom is -0.319 e. The zero-order chi connectivity index (χ0) is 11.3. The Morgan fingerprint density at radius 2 is 2.13 bits per heavy atom. The Hall–Kier alpha value is -0.940. The van der Waals surface area contributed by atoms with Crippen LogP contribution in [0.5, 0.6) is 0 Å². The van der Waals surface area contributed by atoms with Crippen molar-refractivity contribution in [1.29, 1.82) is 0 Å². The molecule has 0 bridgehead atoms. The van der Waals surface area contributed by atoms with Crippen molar-refractivity contribution < 1.29 is 12.8 Å². The fourth-order valence-corrected chi connectivity index (χ4v) is 2.56. The molecule has 0 saturated heterocycles. The van der Waals surface area contributed by atoms with Crippen LogP contribution < -0.4 is 5.32 Å². The SMILES string of the molecule is CNCCS(=O)(=O)Cc1cccc(F)c1. The first-order chi connectivity index (χ1) is 7.03. The van der Waals surface area contributed by atoms with Gasteiger partial charge in [0.1, 0.15) is 5.82 Å². The van der Waals surface area contributed by atoms with E-state index in [0.717, 1.165) is 0 Å². The molecule has 1 rings (SSSR count). The van der Waals surface area contributed by atoms with Crippen molar-refractivity contribution in [3.05, 3.63) is 35.6 Å². The van der Waals surface area contributed by atoms with E-state index in [-0.39, 0.29) is 11.5 Å². The third-order valence-electron chi connectivity index (χ3n) is 1.94. The minimum atomic E-state index is -3.14. The Kier molecular flexibility index (Phi) is 4.23. The zero-order valence-electron chi connectivity index (χ0n) is 8.53. The quantitative estimate of drug-likeness (QED) is 0.821. The molecule has 1 aromatic carbocycles. The van der Waals surface area contributed by atoms with Crippen LogP contribution in [0.4, 0.5) is 4.39 Å². The minimum absolute atomic E-state index is 0.0695. The maximum absolute atomic E-state index is 12.8. The molecule has 0 aromatic heterocycles. The highest BCUT2D eigenvalue weighted by molar-refractivity contribution is 7.90. The lowest BCUT2D eigenvalue weighted by atomic mass is 10.2. The van der Waals surface area contributed by atoms with E-state index in [9.17, 15) is 12.8 Å². The standard InChI is InChI=1S/C10H14FNO2S/c1-12-5-6-15(13,14)8-9-3-2-4-10(11)7-9/h2-4,7,12H,5-6,8H2,1H3. The first-order valence-electron chi connectivity index (χ1n) is 4.63. The lowest BCUT2D eigenvalue weighted by Gasteiger charge is -2.04. The molecule has 0 aliphatic heterocycles. The summed E-state index contributed by atoms with van der Waals surface area (Å²) in [5.74, 6) is -0.441. The molecule has 5 heteroatoms. The van der Waals surface area contributed by atoms with E-state index in [1.54, 1.807) is 13.1 Å². The van der Waals surface area contributed by atoms with Gasteiger partial charge in [0, 0.05) is 6.54 Å². The molecule has 1 N–H and O–H groups in total. The van der Waals surface area contributed by atoms with Crippen LogP contribution in [0.25, 0.3) is 0 Å². The third kappa shape index (κ3) is 4.40. The summed E-state index contributed by atoms with van der Waals surface area (Å²) in [7, 11) is -1.45. The first kappa shape index (κ1) is 12.1. The smallest absolute Gasteiger partial charge is 0.155 e. The van der Waals surface area contributed by atoms with Crippen molar-refractivity contribution in [2.24, 2.45) is 0 Å². The van der Waals surface area contributed by atoms with E-state index in [2.05, 4.69) is 5.32 Å². The molecule has 0 amide bonds. The first-order valence-corrected chi connectivity index (χ1v) is 6.45. The Morgan fingerprint density at radius 1 is 1.40 bits per heavy atom. The number of benzene rings is 1. The number of rotatable bonds is 5. The molecule has 0 aliphatic rings. The van der Waals surface area contributed by atoms with Crippen LogP contribution in [-0.2, 0) is 15.6 Å². The molecule has 0 heterocycles. The van der Waals surface area contributed by atoms with Crippen LogP contribution in [0.15, 0.2) is 24.3 Å². The van der Waals surface area contributed by atoms with Crippen molar-refractivity contribution in [2.75, 3.05) is 19.3 Å². The zero-order valence-corrected chi connectivity index (χ0v) is 9.35. The maximum Gasteiger partial charge on any atom is 0.155 e. The van der Waals surface area contributed by atoms with E-state index in [1.165, 1.54) is 18.2 Å². The molecule has 84 valence electrons. The molecular formula is C10H14FNO2S. The fraction of sp³-hybridized carbons (Fsp3) is 0.400. The van der Waals surface area contributed by atoms with Crippen molar-refractivity contribution in [2.45, 2.75) is 5.75 Å². The van der Waals surface area contributed by atoms with Crippen molar-refractivity contribution >= 4 is 9.84 Å². The highest BCUT2D eigenvalue weighted by atomic mass is 32.2. The van der Waals surface area contributed by atoms with Gasteiger partial charge >= 0.3 is 0 Å². The second-order valence-corrected chi connectivity index (χ2v) is 5.51. The van der Waals surface area contributed by atoms with Crippen LogP contribution >= 0.6 is 0 Å².